The number of nitrogens with zero attached hydrogens (tertiary/aromatic N) is 2. The summed E-state index contributed by atoms with van der Waals surface area (Å²) in [6.45, 7) is 1.35. The van der Waals surface area contributed by atoms with Crippen molar-refractivity contribution in [2.45, 2.75) is 56.7 Å². The van der Waals surface area contributed by atoms with Crippen LogP contribution in [0.1, 0.15) is 44.9 Å². The van der Waals surface area contributed by atoms with Crippen LogP contribution in [0, 0.1) is 0 Å². The number of ether oxygens (including phenoxy) is 1. The number of likely N-dealkylation sites (N-methyl/N-ethyl adjacent to an activating group) is 1. The molecular weight excluding hydrogens is 230 g/mol. The molecule has 0 aromatic rings. The molecule has 2 aliphatic rings. The minimum atomic E-state index is 0.181. The van der Waals surface area contributed by atoms with Crippen molar-refractivity contribution in [3.8, 4) is 0 Å². The van der Waals surface area contributed by atoms with Crippen molar-refractivity contribution in [1.82, 2.24) is 4.90 Å². The minimum absolute atomic E-state index is 0.181. The molecule has 0 radical (unpaired) electrons. The van der Waals surface area contributed by atoms with Crippen LogP contribution in [0.15, 0.2) is 5.16 Å². The van der Waals surface area contributed by atoms with Crippen LogP contribution >= 0.6 is 0 Å². The Hall–Kier alpha value is -0.810. The maximum Gasteiger partial charge on any atom is 0.153 e. The summed E-state index contributed by atoms with van der Waals surface area (Å²) in [6.07, 6.45) is 9.09. The SMILES string of the molecule is CN(CC(N)=NO)CC1CCC2(CCCCC2)O1. The summed E-state index contributed by atoms with van der Waals surface area (Å²) in [4.78, 5) is 2.06. The molecule has 1 aliphatic carbocycles. The van der Waals surface area contributed by atoms with E-state index in [1.807, 2.05) is 7.05 Å². The van der Waals surface area contributed by atoms with Gasteiger partial charge in [0.05, 0.1) is 18.2 Å². The quantitative estimate of drug-likeness (QED) is 0.346. The van der Waals surface area contributed by atoms with Gasteiger partial charge in [0.25, 0.3) is 0 Å². The van der Waals surface area contributed by atoms with Gasteiger partial charge >= 0.3 is 0 Å². The van der Waals surface area contributed by atoms with Crippen molar-refractivity contribution in [2.75, 3.05) is 20.1 Å². The summed E-state index contributed by atoms with van der Waals surface area (Å²) in [5.74, 6) is 0.253. The molecule has 0 amide bonds. The molecule has 1 heterocycles. The molecule has 2 fully saturated rings. The lowest BCUT2D eigenvalue weighted by Crippen LogP contribution is -2.38. The molecular formula is C13H25N3O2. The summed E-state index contributed by atoms with van der Waals surface area (Å²) in [5.41, 5.74) is 5.68. The molecule has 1 unspecified atom stereocenters. The van der Waals surface area contributed by atoms with E-state index >= 15 is 0 Å². The summed E-state index contributed by atoms with van der Waals surface area (Å²) < 4.78 is 6.29. The maximum atomic E-state index is 8.55. The lowest BCUT2D eigenvalue weighted by Gasteiger charge is -2.33. The van der Waals surface area contributed by atoms with Gasteiger partial charge in [0, 0.05) is 6.54 Å². The Balaban J connectivity index is 1.78. The number of amidine groups is 1. The smallest absolute Gasteiger partial charge is 0.153 e. The van der Waals surface area contributed by atoms with E-state index in [1.165, 1.54) is 38.5 Å². The molecule has 5 heteroatoms. The predicted molar refractivity (Wildman–Crippen MR) is 70.8 cm³/mol. The molecule has 0 aromatic heterocycles. The van der Waals surface area contributed by atoms with E-state index in [4.69, 9.17) is 15.7 Å². The van der Waals surface area contributed by atoms with E-state index in [9.17, 15) is 0 Å². The van der Waals surface area contributed by atoms with Crippen molar-refractivity contribution in [2.24, 2.45) is 10.9 Å². The third-order valence-corrected chi connectivity index (χ3v) is 4.18. The van der Waals surface area contributed by atoms with Crippen LogP contribution in [-0.2, 0) is 4.74 Å². The molecule has 2 rings (SSSR count). The number of oxime groups is 1. The number of nitrogens with two attached hydrogens (primary N) is 1. The Morgan fingerprint density at radius 1 is 1.39 bits per heavy atom. The highest BCUT2D eigenvalue weighted by molar-refractivity contribution is 5.81. The minimum Gasteiger partial charge on any atom is -0.409 e. The average molecular weight is 255 g/mol. The van der Waals surface area contributed by atoms with E-state index in [2.05, 4.69) is 10.1 Å². The van der Waals surface area contributed by atoms with Gasteiger partial charge in [0.15, 0.2) is 5.84 Å². The topological polar surface area (TPSA) is 71.1 Å². The summed E-state index contributed by atoms with van der Waals surface area (Å²) in [5, 5.41) is 11.5. The first kappa shape index (κ1) is 13.6. The summed E-state index contributed by atoms with van der Waals surface area (Å²) >= 11 is 0. The Bertz CT molecular complexity index is 301. The molecule has 1 aliphatic heterocycles. The van der Waals surface area contributed by atoms with Gasteiger partial charge in [-0.3, -0.25) is 4.90 Å². The summed E-state index contributed by atoms with van der Waals surface area (Å²) in [7, 11) is 1.98. The Morgan fingerprint density at radius 2 is 2.11 bits per heavy atom. The summed E-state index contributed by atoms with van der Waals surface area (Å²) in [6, 6.07) is 0. The van der Waals surface area contributed by atoms with E-state index in [0.717, 1.165) is 13.0 Å². The zero-order valence-corrected chi connectivity index (χ0v) is 11.3. The third kappa shape index (κ3) is 3.36. The standard InChI is InChI=1S/C13H25N3O2/c1-16(10-12(14)15-17)9-11-5-8-13(18-11)6-3-2-4-7-13/h11,17H,2-10H2,1H3,(H2,14,15). The molecule has 0 bridgehead atoms. The number of hydrogen-bond donors (Lipinski definition) is 2. The Kier molecular flexibility index (Phi) is 4.45. The van der Waals surface area contributed by atoms with Gasteiger partial charge in [-0.2, -0.15) is 0 Å². The van der Waals surface area contributed by atoms with E-state index in [1.54, 1.807) is 0 Å². The highest BCUT2D eigenvalue weighted by Gasteiger charge is 2.40. The molecule has 1 saturated heterocycles. The van der Waals surface area contributed by atoms with Crippen molar-refractivity contribution in [3.63, 3.8) is 0 Å². The van der Waals surface area contributed by atoms with E-state index in [-0.39, 0.29) is 11.4 Å². The fourth-order valence-corrected chi connectivity index (χ4v) is 3.31. The third-order valence-electron chi connectivity index (χ3n) is 4.18. The Labute approximate surface area is 109 Å². The molecule has 1 atom stereocenters. The predicted octanol–water partition coefficient (Wildman–Crippen LogP) is 1.55. The lowest BCUT2D eigenvalue weighted by molar-refractivity contribution is -0.0693. The van der Waals surface area contributed by atoms with Crippen LogP contribution in [-0.4, -0.2) is 47.8 Å². The zero-order valence-electron chi connectivity index (χ0n) is 11.3. The molecule has 5 nitrogen and oxygen atoms in total. The fraction of sp³-hybridized carbons (Fsp3) is 0.923. The molecule has 1 spiro atoms. The van der Waals surface area contributed by atoms with Gasteiger partial charge < -0.3 is 15.7 Å². The van der Waals surface area contributed by atoms with Gasteiger partial charge in [0.2, 0.25) is 0 Å². The molecule has 3 N–H and O–H groups in total. The van der Waals surface area contributed by atoms with Gasteiger partial charge in [-0.15, -0.1) is 0 Å². The molecule has 1 saturated carbocycles. The van der Waals surface area contributed by atoms with Gasteiger partial charge in [-0.1, -0.05) is 24.4 Å². The largest absolute Gasteiger partial charge is 0.409 e. The Morgan fingerprint density at radius 3 is 2.78 bits per heavy atom. The second kappa shape index (κ2) is 5.89. The van der Waals surface area contributed by atoms with E-state index in [0.29, 0.717) is 12.6 Å². The van der Waals surface area contributed by atoms with Crippen LogP contribution in [0.3, 0.4) is 0 Å². The second-order valence-corrected chi connectivity index (χ2v) is 5.81. The number of rotatable bonds is 4. The van der Waals surface area contributed by atoms with Crippen LogP contribution in [0.2, 0.25) is 0 Å². The van der Waals surface area contributed by atoms with E-state index < -0.39 is 0 Å². The monoisotopic (exact) mass is 255 g/mol. The molecule has 18 heavy (non-hydrogen) atoms. The van der Waals surface area contributed by atoms with Gasteiger partial charge in [-0.05, 0) is 32.7 Å². The highest BCUT2D eigenvalue weighted by Crippen LogP contribution is 2.41. The first-order chi connectivity index (χ1) is 8.63. The van der Waals surface area contributed by atoms with Crippen molar-refractivity contribution >= 4 is 5.84 Å². The zero-order chi connectivity index (χ0) is 13.0. The van der Waals surface area contributed by atoms with Crippen LogP contribution < -0.4 is 5.73 Å². The highest BCUT2D eigenvalue weighted by atomic mass is 16.5. The van der Waals surface area contributed by atoms with Crippen LogP contribution in [0.25, 0.3) is 0 Å². The molecule has 0 aromatic carbocycles. The van der Waals surface area contributed by atoms with Crippen molar-refractivity contribution < 1.29 is 9.94 Å². The first-order valence-electron chi connectivity index (χ1n) is 6.96. The molecule has 104 valence electrons. The second-order valence-electron chi connectivity index (χ2n) is 5.81. The number of hydrogen-bond acceptors (Lipinski definition) is 4. The van der Waals surface area contributed by atoms with Crippen LogP contribution in [0.4, 0.5) is 0 Å². The lowest BCUT2D eigenvalue weighted by atomic mass is 9.83. The fourth-order valence-electron chi connectivity index (χ4n) is 3.31. The van der Waals surface area contributed by atoms with Gasteiger partial charge in [0.1, 0.15) is 0 Å². The van der Waals surface area contributed by atoms with Crippen molar-refractivity contribution in [3.05, 3.63) is 0 Å². The normalized spacial score (nSPS) is 28.1. The van der Waals surface area contributed by atoms with Crippen LogP contribution in [0.5, 0.6) is 0 Å². The first-order valence-corrected chi connectivity index (χ1v) is 6.96. The van der Waals surface area contributed by atoms with Crippen molar-refractivity contribution in [1.29, 1.82) is 0 Å². The van der Waals surface area contributed by atoms with Gasteiger partial charge in [-0.25, -0.2) is 0 Å². The maximum absolute atomic E-state index is 8.55. The average Bonchev–Trinajstić information content (AvgIpc) is 2.72.